The highest BCUT2D eigenvalue weighted by atomic mass is 35.5. The summed E-state index contributed by atoms with van der Waals surface area (Å²) in [5.74, 6) is 0. The molecule has 1 aromatic carbocycles. The Labute approximate surface area is 115 Å². The predicted octanol–water partition coefficient (Wildman–Crippen LogP) is 3.04. The third kappa shape index (κ3) is 4.13. The normalized spacial score (nSPS) is 18.0. The molecule has 1 fully saturated rings. The zero-order valence-corrected chi connectivity index (χ0v) is 11.7. The van der Waals surface area contributed by atoms with Crippen molar-refractivity contribution < 1.29 is 0 Å². The number of piperazine rings is 1. The van der Waals surface area contributed by atoms with E-state index in [1.807, 2.05) is 18.2 Å². The molecule has 0 spiro atoms. The van der Waals surface area contributed by atoms with Gasteiger partial charge in [0.2, 0.25) is 0 Å². The van der Waals surface area contributed by atoms with Gasteiger partial charge in [0.15, 0.2) is 0 Å². The van der Waals surface area contributed by atoms with Gasteiger partial charge in [-0.2, -0.15) is 0 Å². The summed E-state index contributed by atoms with van der Waals surface area (Å²) in [5.41, 5.74) is 2.54. The molecule has 18 heavy (non-hydrogen) atoms. The molecule has 0 saturated carbocycles. The first-order chi connectivity index (χ1) is 8.75. The summed E-state index contributed by atoms with van der Waals surface area (Å²) in [6.07, 6.45) is 3.42. The van der Waals surface area contributed by atoms with E-state index < -0.39 is 0 Å². The Bertz CT molecular complexity index is 409. The highest BCUT2D eigenvalue weighted by molar-refractivity contribution is 6.30. The van der Waals surface area contributed by atoms with Crippen molar-refractivity contribution in [1.29, 1.82) is 0 Å². The molecule has 2 rings (SSSR count). The lowest BCUT2D eigenvalue weighted by molar-refractivity contribution is 0.245. The maximum absolute atomic E-state index is 6.00. The van der Waals surface area contributed by atoms with Crippen molar-refractivity contribution in [2.75, 3.05) is 32.7 Å². The quantitative estimate of drug-likeness (QED) is 0.899. The Hall–Kier alpha value is -0.830. The van der Waals surface area contributed by atoms with Crippen LogP contribution in [-0.2, 0) is 0 Å². The Kier molecular flexibility index (Phi) is 5.24. The number of hydrogen-bond donors (Lipinski definition) is 1. The number of nitrogens with one attached hydrogen (secondary N) is 1. The van der Waals surface area contributed by atoms with Gasteiger partial charge < -0.3 is 10.2 Å². The molecule has 0 amide bonds. The van der Waals surface area contributed by atoms with E-state index in [0.717, 1.165) is 31.1 Å². The number of nitrogens with zero attached hydrogens (tertiary/aromatic N) is 1. The first-order valence-electron chi connectivity index (χ1n) is 6.61. The number of benzene rings is 1. The van der Waals surface area contributed by atoms with Crippen LogP contribution >= 0.6 is 11.6 Å². The second-order valence-corrected chi connectivity index (χ2v) is 5.21. The summed E-state index contributed by atoms with van der Waals surface area (Å²) in [6.45, 7) is 7.89. The molecule has 0 unspecified atom stereocenters. The molecular formula is C15H21ClN2. The molecule has 1 aliphatic rings. The average molecular weight is 265 g/mol. The van der Waals surface area contributed by atoms with Crippen molar-refractivity contribution >= 4 is 17.2 Å². The lowest BCUT2D eigenvalue weighted by Crippen LogP contribution is -2.43. The van der Waals surface area contributed by atoms with E-state index in [1.165, 1.54) is 24.2 Å². The molecule has 0 atom stereocenters. The summed E-state index contributed by atoms with van der Waals surface area (Å²) in [7, 11) is 0. The first kappa shape index (κ1) is 13.6. The van der Waals surface area contributed by atoms with Gasteiger partial charge in [0.25, 0.3) is 0 Å². The van der Waals surface area contributed by atoms with E-state index in [1.54, 1.807) is 0 Å². The van der Waals surface area contributed by atoms with Gasteiger partial charge >= 0.3 is 0 Å². The number of allylic oxidation sites excluding steroid dienone is 1. The van der Waals surface area contributed by atoms with Gasteiger partial charge in [-0.15, -0.1) is 0 Å². The van der Waals surface area contributed by atoms with Gasteiger partial charge in [0.05, 0.1) is 0 Å². The molecule has 0 bridgehead atoms. The topological polar surface area (TPSA) is 15.3 Å². The van der Waals surface area contributed by atoms with E-state index in [0.29, 0.717) is 0 Å². The van der Waals surface area contributed by atoms with Crippen LogP contribution < -0.4 is 5.32 Å². The maximum atomic E-state index is 6.00. The highest BCUT2D eigenvalue weighted by Gasteiger charge is 2.07. The number of rotatable bonds is 4. The third-order valence-corrected chi connectivity index (χ3v) is 3.62. The van der Waals surface area contributed by atoms with Crippen LogP contribution in [0.25, 0.3) is 5.57 Å². The zero-order chi connectivity index (χ0) is 12.8. The van der Waals surface area contributed by atoms with Crippen LogP contribution in [0.2, 0.25) is 5.02 Å². The van der Waals surface area contributed by atoms with Gasteiger partial charge in [-0.1, -0.05) is 29.8 Å². The third-order valence-electron chi connectivity index (χ3n) is 3.39. The molecule has 0 aliphatic carbocycles. The molecule has 1 saturated heterocycles. The zero-order valence-electron chi connectivity index (χ0n) is 11.0. The molecule has 2 nitrogen and oxygen atoms in total. The Morgan fingerprint density at radius 3 is 2.89 bits per heavy atom. The van der Waals surface area contributed by atoms with Crippen molar-refractivity contribution in [3.63, 3.8) is 0 Å². The van der Waals surface area contributed by atoms with Crippen molar-refractivity contribution in [3.8, 4) is 0 Å². The van der Waals surface area contributed by atoms with Crippen molar-refractivity contribution in [2.45, 2.75) is 13.3 Å². The predicted molar refractivity (Wildman–Crippen MR) is 79.0 cm³/mol. The minimum atomic E-state index is 0.808. The van der Waals surface area contributed by atoms with Crippen LogP contribution in [0.5, 0.6) is 0 Å². The minimum Gasteiger partial charge on any atom is -0.314 e. The standard InChI is InChI=1S/C15H21ClN2/c1-13(14-5-2-6-15(16)12-14)4-3-9-18-10-7-17-8-11-18/h2,4-6,12,17H,3,7-11H2,1H3/b13-4+. The molecule has 1 aliphatic heterocycles. The van der Waals surface area contributed by atoms with E-state index in [4.69, 9.17) is 11.6 Å². The van der Waals surface area contributed by atoms with Crippen LogP contribution in [0.1, 0.15) is 18.9 Å². The second-order valence-electron chi connectivity index (χ2n) is 4.78. The van der Waals surface area contributed by atoms with Gasteiger partial charge in [-0.3, -0.25) is 0 Å². The molecule has 98 valence electrons. The second kappa shape index (κ2) is 6.93. The molecule has 0 radical (unpaired) electrons. The monoisotopic (exact) mass is 264 g/mol. The van der Waals surface area contributed by atoms with Crippen LogP contribution in [0.3, 0.4) is 0 Å². The number of hydrogen-bond acceptors (Lipinski definition) is 2. The van der Waals surface area contributed by atoms with Crippen molar-refractivity contribution in [1.82, 2.24) is 10.2 Å². The summed E-state index contributed by atoms with van der Waals surface area (Å²) >= 11 is 6.00. The smallest absolute Gasteiger partial charge is 0.0412 e. The van der Waals surface area contributed by atoms with Crippen molar-refractivity contribution in [2.24, 2.45) is 0 Å². The van der Waals surface area contributed by atoms with Crippen LogP contribution in [0.15, 0.2) is 30.3 Å². The fourth-order valence-electron chi connectivity index (χ4n) is 2.25. The van der Waals surface area contributed by atoms with Crippen LogP contribution in [0.4, 0.5) is 0 Å². The fourth-order valence-corrected chi connectivity index (χ4v) is 2.44. The minimum absolute atomic E-state index is 0.808. The molecule has 3 heteroatoms. The van der Waals surface area contributed by atoms with E-state index >= 15 is 0 Å². The summed E-state index contributed by atoms with van der Waals surface area (Å²) in [6, 6.07) is 8.06. The van der Waals surface area contributed by atoms with Gasteiger partial charge in [-0.05, 0) is 36.6 Å². The van der Waals surface area contributed by atoms with Crippen LogP contribution in [-0.4, -0.2) is 37.6 Å². The van der Waals surface area contributed by atoms with E-state index in [-0.39, 0.29) is 0 Å². The molecule has 0 aromatic heterocycles. The Morgan fingerprint density at radius 1 is 1.39 bits per heavy atom. The van der Waals surface area contributed by atoms with Gasteiger partial charge in [-0.25, -0.2) is 0 Å². The van der Waals surface area contributed by atoms with Crippen LogP contribution in [0, 0.1) is 0 Å². The molecular weight excluding hydrogens is 244 g/mol. The van der Waals surface area contributed by atoms with E-state index in [2.05, 4.69) is 29.3 Å². The molecule has 1 aromatic rings. The van der Waals surface area contributed by atoms with Gasteiger partial charge in [0.1, 0.15) is 0 Å². The van der Waals surface area contributed by atoms with Gasteiger partial charge in [0, 0.05) is 37.7 Å². The average Bonchev–Trinajstić information content (AvgIpc) is 2.40. The Balaban J connectivity index is 1.84. The maximum Gasteiger partial charge on any atom is 0.0412 e. The lowest BCUT2D eigenvalue weighted by atomic mass is 10.1. The SMILES string of the molecule is C/C(=C\CCN1CCNCC1)c1cccc(Cl)c1. The molecule has 1 heterocycles. The first-order valence-corrected chi connectivity index (χ1v) is 6.99. The fraction of sp³-hybridized carbons (Fsp3) is 0.467. The van der Waals surface area contributed by atoms with Crippen molar-refractivity contribution in [3.05, 3.63) is 40.9 Å². The number of halogens is 1. The van der Waals surface area contributed by atoms with E-state index in [9.17, 15) is 0 Å². The largest absolute Gasteiger partial charge is 0.314 e. The summed E-state index contributed by atoms with van der Waals surface area (Å²) in [5, 5.41) is 4.18. The molecule has 1 N–H and O–H groups in total. The summed E-state index contributed by atoms with van der Waals surface area (Å²) < 4.78 is 0. The Morgan fingerprint density at radius 2 is 2.17 bits per heavy atom. The summed E-state index contributed by atoms with van der Waals surface area (Å²) in [4.78, 5) is 2.51. The lowest BCUT2D eigenvalue weighted by Gasteiger charge is -2.26. The highest BCUT2D eigenvalue weighted by Crippen LogP contribution is 2.18.